The van der Waals surface area contributed by atoms with E-state index in [1.807, 2.05) is 10.9 Å². The number of nitrogens with zero attached hydrogens (tertiary/aromatic N) is 3. The number of hydrogen-bond acceptors (Lipinski definition) is 3. The summed E-state index contributed by atoms with van der Waals surface area (Å²) >= 11 is 0. The fraction of sp³-hybridized carbons (Fsp3) is 0.571. The molecule has 0 bridgehead atoms. The van der Waals surface area contributed by atoms with Gasteiger partial charge < -0.3 is 5.11 Å². The molecule has 0 radical (unpaired) electrons. The van der Waals surface area contributed by atoms with Gasteiger partial charge in [0.2, 0.25) is 0 Å². The van der Waals surface area contributed by atoms with Crippen LogP contribution in [0.15, 0.2) is 30.5 Å². The second-order valence-corrected chi connectivity index (χ2v) is 7.96. The van der Waals surface area contributed by atoms with Crippen LogP contribution in [0.5, 0.6) is 0 Å². The van der Waals surface area contributed by atoms with Gasteiger partial charge in [-0.15, -0.1) is 0 Å². The van der Waals surface area contributed by atoms with E-state index >= 15 is 0 Å². The van der Waals surface area contributed by atoms with Gasteiger partial charge in [0, 0.05) is 43.4 Å². The van der Waals surface area contributed by atoms with Gasteiger partial charge in [-0.1, -0.05) is 12.1 Å². The quantitative estimate of drug-likeness (QED) is 0.911. The second-order valence-electron chi connectivity index (χ2n) is 7.96. The first-order valence-electron chi connectivity index (χ1n) is 9.73. The van der Waals surface area contributed by atoms with Gasteiger partial charge in [0.15, 0.2) is 0 Å². The Balaban J connectivity index is 1.54. The molecule has 3 unspecified atom stereocenters. The number of aryl methyl sites for hydroxylation is 1. The molecule has 2 aromatic rings. The van der Waals surface area contributed by atoms with Crippen LogP contribution in [0.4, 0.5) is 4.39 Å². The van der Waals surface area contributed by atoms with E-state index in [1.54, 1.807) is 12.1 Å². The molecule has 1 N–H and O–H groups in total. The first-order valence-corrected chi connectivity index (χ1v) is 9.73. The SMILES string of the molecule is CCn1ncc(CN2CC3CCCC(O)(c4ccc(F)cc4)C3C2)c1C. The summed E-state index contributed by atoms with van der Waals surface area (Å²) in [4.78, 5) is 2.46. The van der Waals surface area contributed by atoms with Gasteiger partial charge in [0.05, 0.1) is 11.8 Å². The predicted octanol–water partition coefficient (Wildman–Crippen LogP) is 3.47. The van der Waals surface area contributed by atoms with Gasteiger partial charge >= 0.3 is 0 Å². The van der Waals surface area contributed by atoms with Crippen molar-refractivity contribution in [2.45, 2.75) is 51.8 Å². The lowest BCUT2D eigenvalue weighted by Crippen LogP contribution is -2.42. The van der Waals surface area contributed by atoms with Crippen molar-refractivity contribution >= 4 is 0 Å². The lowest BCUT2D eigenvalue weighted by Gasteiger charge is -2.41. The maximum absolute atomic E-state index is 13.3. The highest BCUT2D eigenvalue weighted by atomic mass is 19.1. The normalized spacial score (nSPS) is 29.1. The minimum Gasteiger partial charge on any atom is -0.385 e. The third-order valence-electron chi connectivity index (χ3n) is 6.51. The Morgan fingerprint density at radius 3 is 2.73 bits per heavy atom. The molecule has 1 aliphatic carbocycles. The van der Waals surface area contributed by atoms with Crippen LogP contribution in [0.1, 0.15) is 43.0 Å². The first-order chi connectivity index (χ1) is 12.5. The molecule has 0 amide bonds. The van der Waals surface area contributed by atoms with Crippen molar-refractivity contribution in [2.24, 2.45) is 11.8 Å². The van der Waals surface area contributed by atoms with Crippen molar-refractivity contribution in [3.8, 4) is 0 Å². The Kier molecular flexibility index (Phi) is 4.61. The van der Waals surface area contributed by atoms with E-state index in [0.717, 1.165) is 51.0 Å². The van der Waals surface area contributed by atoms with E-state index in [2.05, 4.69) is 23.8 Å². The predicted molar refractivity (Wildman–Crippen MR) is 99.0 cm³/mol. The number of likely N-dealkylation sites (tertiary alicyclic amines) is 1. The molecular weight excluding hydrogens is 329 g/mol. The zero-order valence-corrected chi connectivity index (χ0v) is 15.7. The third kappa shape index (κ3) is 2.97. The summed E-state index contributed by atoms with van der Waals surface area (Å²) in [6.45, 7) is 7.92. The highest BCUT2D eigenvalue weighted by Crippen LogP contribution is 2.48. The third-order valence-corrected chi connectivity index (χ3v) is 6.51. The monoisotopic (exact) mass is 357 g/mol. The van der Waals surface area contributed by atoms with Crippen molar-refractivity contribution < 1.29 is 9.50 Å². The van der Waals surface area contributed by atoms with Crippen LogP contribution in [0, 0.1) is 24.6 Å². The van der Waals surface area contributed by atoms with Crippen LogP contribution in [0.25, 0.3) is 0 Å². The molecule has 1 saturated carbocycles. The Hall–Kier alpha value is -1.72. The van der Waals surface area contributed by atoms with E-state index in [-0.39, 0.29) is 11.7 Å². The van der Waals surface area contributed by atoms with Crippen LogP contribution >= 0.6 is 0 Å². The number of aromatic nitrogens is 2. The fourth-order valence-corrected chi connectivity index (χ4v) is 5.04. The number of hydrogen-bond donors (Lipinski definition) is 1. The van der Waals surface area contributed by atoms with E-state index in [9.17, 15) is 9.50 Å². The van der Waals surface area contributed by atoms with E-state index in [4.69, 9.17) is 0 Å². The van der Waals surface area contributed by atoms with Crippen molar-refractivity contribution in [1.29, 1.82) is 0 Å². The summed E-state index contributed by atoms with van der Waals surface area (Å²) in [6.07, 6.45) is 4.93. The van der Waals surface area contributed by atoms with Crippen molar-refractivity contribution in [3.05, 3.63) is 53.1 Å². The summed E-state index contributed by atoms with van der Waals surface area (Å²) < 4.78 is 15.4. The Morgan fingerprint density at radius 1 is 1.27 bits per heavy atom. The molecule has 5 heteroatoms. The van der Waals surface area contributed by atoms with Crippen LogP contribution in [0.2, 0.25) is 0 Å². The summed E-state index contributed by atoms with van der Waals surface area (Å²) in [5.41, 5.74) is 2.53. The van der Waals surface area contributed by atoms with Gasteiger partial charge in [0.1, 0.15) is 5.82 Å². The van der Waals surface area contributed by atoms with Crippen LogP contribution < -0.4 is 0 Å². The van der Waals surface area contributed by atoms with Gasteiger partial charge in [-0.3, -0.25) is 9.58 Å². The summed E-state index contributed by atoms with van der Waals surface area (Å²) in [6, 6.07) is 6.45. The number of benzene rings is 1. The highest BCUT2D eigenvalue weighted by molar-refractivity contribution is 5.26. The number of fused-ring (bicyclic) bond motifs is 1. The lowest BCUT2D eigenvalue weighted by molar-refractivity contribution is -0.0648. The average molecular weight is 357 g/mol. The van der Waals surface area contributed by atoms with Crippen LogP contribution in [-0.4, -0.2) is 32.9 Å². The summed E-state index contributed by atoms with van der Waals surface area (Å²) in [5.74, 6) is 0.463. The molecule has 4 rings (SSSR count). The smallest absolute Gasteiger partial charge is 0.123 e. The molecule has 1 aliphatic heterocycles. The van der Waals surface area contributed by atoms with Crippen LogP contribution in [0.3, 0.4) is 0 Å². The van der Waals surface area contributed by atoms with Gasteiger partial charge in [-0.25, -0.2) is 4.39 Å². The Morgan fingerprint density at radius 2 is 2.04 bits per heavy atom. The highest BCUT2D eigenvalue weighted by Gasteiger charge is 2.49. The standard InChI is InChI=1S/C21H28FN3O/c1-3-25-15(2)17(11-23-25)13-24-12-16-5-4-10-21(26,20(16)14-24)18-6-8-19(22)9-7-18/h6-9,11,16,20,26H,3-5,10,12-14H2,1-2H3. The molecule has 140 valence electrons. The summed E-state index contributed by atoms with van der Waals surface area (Å²) in [7, 11) is 0. The maximum Gasteiger partial charge on any atom is 0.123 e. The zero-order valence-electron chi connectivity index (χ0n) is 15.7. The largest absolute Gasteiger partial charge is 0.385 e. The minimum atomic E-state index is -0.839. The minimum absolute atomic E-state index is 0.211. The Bertz CT molecular complexity index is 772. The molecular formula is C21H28FN3O. The molecule has 3 atom stereocenters. The van der Waals surface area contributed by atoms with Crippen molar-refractivity contribution in [3.63, 3.8) is 0 Å². The molecule has 26 heavy (non-hydrogen) atoms. The molecule has 2 fully saturated rings. The fourth-order valence-electron chi connectivity index (χ4n) is 5.04. The molecule has 4 nitrogen and oxygen atoms in total. The van der Waals surface area contributed by atoms with E-state index < -0.39 is 5.60 Å². The van der Waals surface area contributed by atoms with Gasteiger partial charge in [-0.2, -0.15) is 5.10 Å². The maximum atomic E-state index is 13.3. The number of rotatable bonds is 4. The molecule has 1 saturated heterocycles. The molecule has 2 aliphatic rings. The molecule has 2 heterocycles. The van der Waals surface area contributed by atoms with E-state index in [0.29, 0.717) is 5.92 Å². The van der Waals surface area contributed by atoms with Crippen molar-refractivity contribution in [1.82, 2.24) is 14.7 Å². The van der Waals surface area contributed by atoms with E-state index in [1.165, 1.54) is 23.4 Å². The topological polar surface area (TPSA) is 41.3 Å². The molecule has 1 aromatic carbocycles. The van der Waals surface area contributed by atoms with Crippen molar-refractivity contribution in [2.75, 3.05) is 13.1 Å². The van der Waals surface area contributed by atoms with Crippen LogP contribution in [-0.2, 0) is 18.7 Å². The van der Waals surface area contributed by atoms with Gasteiger partial charge in [0.25, 0.3) is 0 Å². The molecule has 0 spiro atoms. The summed E-state index contributed by atoms with van der Waals surface area (Å²) in [5, 5.41) is 16.0. The van der Waals surface area contributed by atoms with Gasteiger partial charge in [-0.05, 0) is 56.7 Å². The second kappa shape index (κ2) is 6.78. The molecule has 1 aromatic heterocycles. The number of aliphatic hydroxyl groups is 1. The zero-order chi connectivity index (χ0) is 18.3. The average Bonchev–Trinajstić information content (AvgIpc) is 3.20. The first kappa shape index (κ1) is 17.7. The number of halogens is 1. The lowest BCUT2D eigenvalue weighted by atomic mass is 9.67. The Labute approximate surface area is 154 Å².